The predicted molar refractivity (Wildman–Crippen MR) is 204 cm³/mol. The summed E-state index contributed by atoms with van der Waals surface area (Å²) in [4.78, 5) is 2.51. The first-order valence-electron chi connectivity index (χ1n) is 16.0. The van der Waals surface area contributed by atoms with E-state index in [2.05, 4.69) is 153 Å². The first-order chi connectivity index (χ1) is 20.3. The third-order valence-electron chi connectivity index (χ3n) is 9.95. The van der Waals surface area contributed by atoms with Gasteiger partial charge in [-0.3, -0.25) is 0 Å². The molecule has 0 saturated heterocycles. The Hall–Kier alpha value is -1.87. The molecular weight excluding hydrogens is 609 g/mol. The van der Waals surface area contributed by atoms with E-state index in [0.717, 1.165) is 0 Å². The van der Waals surface area contributed by atoms with Crippen molar-refractivity contribution in [3.63, 3.8) is 0 Å². The molecule has 0 nitrogen and oxygen atoms in total. The van der Waals surface area contributed by atoms with Crippen molar-refractivity contribution in [1.29, 1.82) is 0 Å². The molecule has 3 heterocycles. The molecule has 0 spiro atoms. The van der Waals surface area contributed by atoms with Crippen LogP contribution in [0.15, 0.2) is 47.2 Å². The molecule has 5 heteroatoms. The summed E-state index contributed by atoms with van der Waals surface area (Å²) in [6.07, 6.45) is 0. The summed E-state index contributed by atoms with van der Waals surface area (Å²) in [7, 11) is -3.61. The van der Waals surface area contributed by atoms with Crippen molar-refractivity contribution in [3.8, 4) is 44.5 Å². The molecule has 0 atom stereocenters. The standard InChI is InChI=1S/C38H50S3Si2/c1-25(2)42(26(3)4,27(5)6)23-19-34-37(41-36-18-22-40-38(34)36)32-15-13-31(14-16-32)33-17-21-39-35(33)20-24-43(28(7)8,29(9)10)30(11)12/h13-18,21-22,25-30H,1-12H3. The van der Waals surface area contributed by atoms with Gasteiger partial charge in [-0.2, -0.15) is 0 Å². The molecule has 0 aliphatic rings. The normalized spacial score (nSPS) is 12.6. The summed E-state index contributed by atoms with van der Waals surface area (Å²) in [6.45, 7) is 28.7. The van der Waals surface area contributed by atoms with Crippen LogP contribution in [0, 0.1) is 22.9 Å². The number of hydrogen-bond donors (Lipinski definition) is 0. The third kappa shape index (κ3) is 6.32. The second-order valence-corrected chi connectivity index (χ2v) is 28.0. The maximum Gasteiger partial charge on any atom is 0.146 e. The fourth-order valence-electron chi connectivity index (χ4n) is 7.78. The van der Waals surface area contributed by atoms with Crippen LogP contribution in [0.25, 0.3) is 31.0 Å². The van der Waals surface area contributed by atoms with Crippen molar-refractivity contribution >= 4 is 59.6 Å². The van der Waals surface area contributed by atoms with Crippen LogP contribution in [0.4, 0.5) is 0 Å². The molecule has 0 saturated carbocycles. The maximum absolute atomic E-state index is 4.01. The number of fused-ring (bicyclic) bond motifs is 1. The average molecular weight is 659 g/mol. The monoisotopic (exact) mass is 658 g/mol. The van der Waals surface area contributed by atoms with Gasteiger partial charge in [0.15, 0.2) is 0 Å². The van der Waals surface area contributed by atoms with Crippen LogP contribution in [-0.4, -0.2) is 16.1 Å². The Morgan fingerprint density at radius 1 is 0.535 bits per heavy atom. The summed E-state index contributed by atoms with van der Waals surface area (Å²) in [5, 5.41) is 4.41. The van der Waals surface area contributed by atoms with Crippen LogP contribution in [-0.2, 0) is 0 Å². The molecule has 0 fully saturated rings. The quantitative estimate of drug-likeness (QED) is 0.131. The lowest BCUT2D eigenvalue weighted by molar-refractivity contribution is 0.838. The van der Waals surface area contributed by atoms with Crippen molar-refractivity contribution in [2.75, 3.05) is 0 Å². The summed E-state index contributed by atoms with van der Waals surface area (Å²) in [5.74, 6) is 7.56. The van der Waals surface area contributed by atoms with E-state index >= 15 is 0 Å². The van der Waals surface area contributed by atoms with Crippen molar-refractivity contribution in [2.45, 2.75) is 116 Å². The summed E-state index contributed by atoms with van der Waals surface area (Å²) >= 11 is 5.51. The van der Waals surface area contributed by atoms with Gasteiger partial charge >= 0.3 is 0 Å². The Morgan fingerprint density at radius 3 is 1.51 bits per heavy atom. The molecule has 0 aliphatic carbocycles. The highest BCUT2D eigenvalue weighted by Gasteiger charge is 2.42. The van der Waals surface area contributed by atoms with Crippen molar-refractivity contribution in [1.82, 2.24) is 0 Å². The molecule has 1 aromatic carbocycles. The Kier molecular flexibility index (Phi) is 10.8. The van der Waals surface area contributed by atoms with Gasteiger partial charge in [-0.1, -0.05) is 119 Å². The second-order valence-electron chi connectivity index (χ2n) is 14.0. The number of benzene rings is 1. The molecule has 4 aromatic rings. The van der Waals surface area contributed by atoms with E-state index < -0.39 is 16.1 Å². The topological polar surface area (TPSA) is 0 Å². The number of thiophene rings is 3. The van der Waals surface area contributed by atoms with Gasteiger partial charge in [0.1, 0.15) is 16.1 Å². The van der Waals surface area contributed by atoms with Crippen molar-refractivity contribution in [3.05, 3.63) is 57.6 Å². The van der Waals surface area contributed by atoms with Gasteiger partial charge in [-0.05, 0) is 67.3 Å². The van der Waals surface area contributed by atoms with Crippen LogP contribution in [0.3, 0.4) is 0 Å². The molecule has 0 unspecified atom stereocenters. The van der Waals surface area contributed by atoms with Crippen LogP contribution in [0.1, 0.15) is 93.5 Å². The smallest absolute Gasteiger partial charge is 0.142 e. The lowest BCUT2D eigenvalue weighted by Crippen LogP contribution is -2.43. The van der Waals surface area contributed by atoms with Gasteiger partial charge < -0.3 is 0 Å². The first-order valence-corrected chi connectivity index (χ1v) is 23.1. The minimum absolute atomic E-state index is 0.623. The van der Waals surface area contributed by atoms with Crippen LogP contribution in [0.2, 0.25) is 33.2 Å². The van der Waals surface area contributed by atoms with E-state index in [1.165, 1.54) is 41.4 Å². The zero-order chi connectivity index (χ0) is 31.7. The van der Waals surface area contributed by atoms with E-state index in [1.807, 2.05) is 22.7 Å². The molecule has 0 bridgehead atoms. The lowest BCUT2D eigenvalue weighted by atomic mass is 10.0. The van der Waals surface area contributed by atoms with Gasteiger partial charge in [0.2, 0.25) is 0 Å². The summed E-state index contributed by atoms with van der Waals surface area (Å²) in [6, 6.07) is 13.7. The van der Waals surface area contributed by atoms with E-state index in [4.69, 9.17) is 0 Å². The summed E-state index contributed by atoms with van der Waals surface area (Å²) in [5.41, 5.74) is 16.7. The van der Waals surface area contributed by atoms with E-state index in [-0.39, 0.29) is 0 Å². The minimum atomic E-state index is -1.83. The fraction of sp³-hybridized carbons (Fsp3) is 0.474. The highest BCUT2D eigenvalue weighted by Crippen LogP contribution is 2.44. The van der Waals surface area contributed by atoms with E-state index in [1.54, 1.807) is 11.3 Å². The molecule has 0 radical (unpaired) electrons. The van der Waals surface area contributed by atoms with Crippen molar-refractivity contribution in [2.24, 2.45) is 0 Å². The zero-order valence-corrected chi connectivity index (χ0v) is 32.8. The number of hydrogen-bond acceptors (Lipinski definition) is 3. The van der Waals surface area contributed by atoms with Crippen LogP contribution < -0.4 is 0 Å². The molecule has 0 N–H and O–H groups in total. The lowest BCUT2D eigenvalue weighted by Gasteiger charge is -2.38. The molecule has 43 heavy (non-hydrogen) atoms. The predicted octanol–water partition coefficient (Wildman–Crippen LogP) is 13.5. The highest BCUT2D eigenvalue weighted by molar-refractivity contribution is 7.29. The van der Waals surface area contributed by atoms with E-state index in [0.29, 0.717) is 33.2 Å². The number of rotatable bonds is 8. The van der Waals surface area contributed by atoms with Gasteiger partial charge in [0.05, 0.1) is 20.0 Å². The SMILES string of the molecule is CC(C)[Si](C#Cc1sccc1-c1ccc(-c2sc3ccsc3c2C#C[Si](C(C)C)(C(C)C)C(C)C)cc1)(C(C)C)C(C)C. The molecule has 0 amide bonds. The largest absolute Gasteiger partial charge is 0.146 e. The third-order valence-corrected chi connectivity index (χ3v) is 25.6. The van der Waals surface area contributed by atoms with Crippen molar-refractivity contribution < 1.29 is 0 Å². The van der Waals surface area contributed by atoms with Gasteiger partial charge in [0, 0.05) is 10.3 Å². The molecule has 0 aliphatic heterocycles. The Bertz CT molecular complexity index is 1610. The van der Waals surface area contributed by atoms with Gasteiger partial charge in [-0.15, -0.1) is 45.1 Å². The molecule has 3 aromatic heterocycles. The van der Waals surface area contributed by atoms with Gasteiger partial charge in [0.25, 0.3) is 0 Å². The Labute approximate surface area is 276 Å². The van der Waals surface area contributed by atoms with E-state index in [9.17, 15) is 0 Å². The fourth-order valence-corrected chi connectivity index (χ4v) is 21.3. The zero-order valence-electron chi connectivity index (χ0n) is 28.3. The maximum atomic E-state index is 4.01. The second kappa shape index (κ2) is 13.6. The average Bonchev–Trinajstić information content (AvgIpc) is 3.65. The molecular formula is C38H50S3Si2. The Balaban J connectivity index is 1.75. The highest BCUT2D eigenvalue weighted by atomic mass is 32.1. The molecule has 4 rings (SSSR count). The first kappa shape index (κ1) is 34.0. The van der Waals surface area contributed by atoms with Gasteiger partial charge in [-0.25, -0.2) is 0 Å². The Morgan fingerprint density at radius 2 is 1.00 bits per heavy atom. The van der Waals surface area contributed by atoms with Crippen LogP contribution >= 0.6 is 34.0 Å². The minimum Gasteiger partial charge on any atom is -0.142 e. The van der Waals surface area contributed by atoms with Crippen LogP contribution in [0.5, 0.6) is 0 Å². The molecule has 228 valence electrons. The summed E-state index contributed by atoms with van der Waals surface area (Å²) < 4.78 is 2.70.